The summed E-state index contributed by atoms with van der Waals surface area (Å²) in [6, 6.07) is 8.15. The molecule has 1 aliphatic rings. The van der Waals surface area contributed by atoms with Crippen LogP contribution in [0.1, 0.15) is 18.4 Å². The molecule has 27 heavy (non-hydrogen) atoms. The van der Waals surface area contributed by atoms with Gasteiger partial charge in [0.05, 0.1) is 12.7 Å². The normalized spacial score (nSPS) is 17.3. The van der Waals surface area contributed by atoms with Crippen molar-refractivity contribution in [2.45, 2.75) is 25.5 Å². The van der Waals surface area contributed by atoms with Crippen molar-refractivity contribution in [3.63, 3.8) is 0 Å². The molecule has 1 atom stereocenters. The van der Waals surface area contributed by atoms with E-state index in [0.717, 1.165) is 63.0 Å². The number of rotatable bonds is 11. The lowest BCUT2D eigenvalue weighted by Gasteiger charge is -2.14. The largest absolute Gasteiger partial charge is 0.492 e. The second kappa shape index (κ2) is 12.5. The zero-order valence-electron chi connectivity index (χ0n) is 16.9. The number of benzene rings is 1. The highest BCUT2D eigenvalue weighted by atomic mass is 16.5. The Hall–Kier alpha value is -1.83. The highest BCUT2D eigenvalue weighted by Gasteiger charge is 2.15. The molecule has 0 bridgehead atoms. The lowest BCUT2D eigenvalue weighted by Crippen LogP contribution is -2.37. The highest BCUT2D eigenvalue weighted by Crippen LogP contribution is 2.13. The number of nitrogens with one attached hydrogen (secondary N) is 2. The van der Waals surface area contributed by atoms with Crippen LogP contribution in [0.2, 0.25) is 0 Å². The lowest BCUT2D eigenvalue weighted by molar-refractivity contribution is 0.0420. The molecule has 1 heterocycles. The first-order chi connectivity index (χ1) is 13.2. The molecule has 1 saturated heterocycles. The molecule has 152 valence electrons. The van der Waals surface area contributed by atoms with Crippen molar-refractivity contribution in [1.82, 2.24) is 15.5 Å². The zero-order chi connectivity index (χ0) is 19.3. The van der Waals surface area contributed by atoms with Gasteiger partial charge in [-0.3, -0.25) is 4.99 Å². The van der Waals surface area contributed by atoms with Crippen LogP contribution in [-0.2, 0) is 16.0 Å². The van der Waals surface area contributed by atoms with Gasteiger partial charge < -0.3 is 29.7 Å². The first kappa shape index (κ1) is 21.5. The van der Waals surface area contributed by atoms with Gasteiger partial charge >= 0.3 is 0 Å². The van der Waals surface area contributed by atoms with E-state index in [1.165, 1.54) is 0 Å². The van der Waals surface area contributed by atoms with E-state index < -0.39 is 0 Å². The molecule has 1 aromatic rings. The monoisotopic (exact) mass is 378 g/mol. The summed E-state index contributed by atoms with van der Waals surface area (Å²) < 4.78 is 16.9. The molecule has 0 spiro atoms. The molecule has 1 aromatic carbocycles. The quantitative estimate of drug-likeness (QED) is 0.345. The second-order valence-corrected chi connectivity index (χ2v) is 6.86. The molecule has 0 saturated carbocycles. The zero-order valence-corrected chi connectivity index (χ0v) is 16.9. The smallest absolute Gasteiger partial charge is 0.191 e. The molecule has 7 nitrogen and oxygen atoms in total. The van der Waals surface area contributed by atoms with Gasteiger partial charge in [-0.2, -0.15) is 0 Å². The van der Waals surface area contributed by atoms with Gasteiger partial charge in [0.1, 0.15) is 12.4 Å². The minimum Gasteiger partial charge on any atom is -0.492 e. The second-order valence-electron chi connectivity index (χ2n) is 6.86. The predicted molar refractivity (Wildman–Crippen MR) is 108 cm³/mol. The summed E-state index contributed by atoms with van der Waals surface area (Å²) in [6.45, 7) is 5.39. The molecule has 0 radical (unpaired) electrons. The van der Waals surface area contributed by atoms with Crippen molar-refractivity contribution in [1.29, 1.82) is 0 Å². The van der Waals surface area contributed by atoms with Crippen molar-refractivity contribution in [2.75, 3.05) is 60.7 Å². The van der Waals surface area contributed by atoms with Crippen LogP contribution in [-0.4, -0.2) is 77.6 Å². The number of ether oxygens (including phenoxy) is 3. The fourth-order valence-electron chi connectivity index (χ4n) is 2.67. The number of hydrogen-bond acceptors (Lipinski definition) is 5. The SMILES string of the molecule is CN=C(NCCCOC1CCOC1)NCc1cccc(OCCN(C)C)c1. The Kier molecular flexibility index (Phi) is 9.97. The Morgan fingerprint density at radius 2 is 2.19 bits per heavy atom. The van der Waals surface area contributed by atoms with Gasteiger partial charge in [0.25, 0.3) is 0 Å². The van der Waals surface area contributed by atoms with Crippen molar-refractivity contribution < 1.29 is 14.2 Å². The molecule has 0 aliphatic carbocycles. The van der Waals surface area contributed by atoms with E-state index in [9.17, 15) is 0 Å². The molecule has 0 amide bonds. The van der Waals surface area contributed by atoms with Crippen molar-refractivity contribution in [2.24, 2.45) is 4.99 Å². The van der Waals surface area contributed by atoms with Crippen LogP contribution in [0.4, 0.5) is 0 Å². The van der Waals surface area contributed by atoms with Gasteiger partial charge in [-0.15, -0.1) is 0 Å². The summed E-state index contributed by atoms with van der Waals surface area (Å²) in [5, 5.41) is 6.65. The maximum Gasteiger partial charge on any atom is 0.191 e. The average Bonchev–Trinajstić information content (AvgIpc) is 3.17. The number of hydrogen-bond donors (Lipinski definition) is 2. The van der Waals surface area contributed by atoms with Gasteiger partial charge in [0, 0.05) is 39.9 Å². The minimum absolute atomic E-state index is 0.273. The van der Waals surface area contributed by atoms with Crippen molar-refractivity contribution in [3.8, 4) is 5.75 Å². The number of likely N-dealkylation sites (N-methyl/N-ethyl adjacent to an activating group) is 1. The molecule has 1 fully saturated rings. The topological polar surface area (TPSA) is 67.4 Å². The summed E-state index contributed by atoms with van der Waals surface area (Å²) in [5.41, 5.74) is 1.16. The van der Waals surface area contributed by atoms with E-state index in [2.05, 4.69) is 32.7 Å². The number of guanidine groups is 1. The first-order valence-electron chi connectivity index (χ1n) is 9.67. The minimum atomic E-state index is 0.273. The van der Waals surface area contributed by atoms with Crippen molar-refractivity contribution in [3.05, 3.63) is 29.8 Å². The fourth-order valence-corrected chi connectivity index (χ4v) is 2.67. The Morgan fingerprint density at radius 1 is 1.30 bits per heavy atom. The third kappa shape index (κ3) is 9.08. The fraction of sp³-hybridized carbons (Fsp3) is 0.650. The van der Waals surface area contributed by atoms with Crippen LogP contribution in [0.25, 0.3) is 0 Å². The van der Waals surface area contributed by atoms with Gasteiger partial charge in [0.15, 0.2) is 5.96 Å². The number of nitrogens with zero attached hydrogens (tertiary/aromatic N) is 2. The maximum absolute atomic E-state index is 5.79. The van der Waals surface area contributed by atoms with Crippen LogP contribution in [0.3, 0.4) is 0 Å². The molecular weight excluding hydrogens is 344 g/mol. The molecule has 1 unspecified atom stereocenters. The Labute approximate surface area is 163 Å². The van der Waals surface area contributed by atoms with E-state index in [1.807, 2.05) is 26.2 Å². The molecule has 1 aliphatic heterocycles. The van der Waals surface area contributed by atoms with E-state index in [4.69, 9.17) is 14.2 Å². The number of aliphatic imine (C=N–C) groups is 1. The molecule has 0 aromatic heterocycles. The van der Waals surface area contributed by atoms with E-state index in [-0.39, 0.29) is 6.10 Å². The summed E-state index contributed by atoms with van der Waals surface area (Å²) >= 11 is 0. The van der Waals surface area contributed by atoms with Crippen LogP contribution in [0, 0.1) is 0 Å². The van der Waals surface area contributed by atoms with Crippen molar-refractivity contribution >= 4 is 5.96 Å². The van der Waals surface area contributed by atoms with Crippen LogP contribution < -0.4 is 15.4 Å². The summed E-state index contributed by atoms with van der Waals surface area (Å²) in [6.07, 6.45) is 2.22. The predicted octanol–water partition coefficient (Wildman–Crippen LogP) is 1.49. The molecular formula is C20H34N4O3. The molecule has 7 heteroatoms. The van der Waals surface area contributed by atoms with Gasteiger partial charge in [-0.05, 0) is 44.6 Å². The Bertz CT molecular complexity index is 560. The summed E-state index contributed by atoms with van der Waals surface area (Å²) in [4.78, 5) is 6.37. The average molecular weight is 379 g/mol. The van der Waals surface area contributed by atoms with E-state index >= 15 is 0 Å². The van der Waals surface area contributed by atoms with Gasteiger partial charge in [-0.25, -0.2) is 0 Å². The molecule has 2 rings (SSSR count). The third-order valence-electron chi connectivity index (χ3n) is 4.24. The highest BCUT2D eigenvalue weighted by molar-refractivity contribution is 5.79. The first-order valence-corrected chi connectivity index (χ1v) is 9.67. The van der Waals surface area contributed by atoms with Gasteiger partial charge in [0.2, 0.25) is 0 Å². The standard InChI is InChI=1S/C20H34N4O3/c1-21-20(22-9-5-11-26-19-8-12-25-16-19)23-15-17-6-4-7-18(14-17)27-13-10-24(2)3/h4,6-7,14,19H,5,8-13,15-16H2,1-3H3,(H2,21,22,23). The van der Waals surface area contributed by atoms with E-state index in [1.54, 1.807) is 7.05 Å². The van der Waals surface area contributed by atoms with Crippen LogP contribution in [0.5, 0.6) is 5.75 Å². The van der Waals surface area contributed by atoms with Crippen LogP contribution >= 0.6 is 0 Å². The Morgan fingerprint density at radius 3 is 2.93 bits per heavy atom. The summed E-state index contributed by atoms with van der Waals surface area (Å²) in [5.74, 6) is 1.69. The Balaban J connectivity index is 1.62. The van der Waals surface area contributed by atoms with Crippen LogP contribution in [0.15, 0.2) is 29.3 Å². The lowest BCUT2D eigenvalue weighted by atomic mass is 10.2. The van der Waals surface area contributed by atoms with E-state index in [0.29, 0.717) is 13.2 Å². The third-order valence-corrected chi connectivity index (χ3v) is 4.24. The van der Waals surface area contributed by atoms with Gasteiger partial charge in [-0.1, -0.05) is 12.1 Å². The summed E-state index contributed by atoms with van der Waals surface area (Å²) in [7, 11) is 5.86. The maximum atomic E-state index is 5.79. The molecule has 2 N–H and O–H groups in total.